The number of anilines is 2. The first kappa shape index (κ1) is 20.2. The fourth-order valence-electron chi connectivity index (χ4n) is 3.10. The molecular formula is C21H21ClFN5O2. The van der Waals surface area contributed by atoms with E-state index in [1.807, 2.05) is 29.5 Å². The zero-order valence-corrected chi connectivity index (χ0v) is 17.6. The lowest BCUT2D eigenvalue weighted by atomic mass is 10.2. The minimum Gasteiger partial charge on any atom is -0.493 e. The Bertz CT molecular complexity index is 1190. The van der Waals surface area contributed by atoms with E-state index in [9.17, 15) is 4.39 Å². The van der Waals surface area contributed by atoms with Gasteiger partial charge in [0, 0.05) is 18.7 Å². The number of ether oxygens (including phenoxy) is 2. The number of nitrogens with one attached hydrogen (secondary N) is 1. The Kier molecular flexibility index (Phi) is 5.61. The number of likely N-dealkylation sites (N-methyl/N-ethyl adjacent to an activating group) is 1. The van der Waals surface area contributed by atoms with Gasteiger partial charge in [-0.2, -0.15) is 0 Å². The maximum atomic E-state index is 14.3. The lowest BCUT2D eigenvalue weighted by molar-refractivity contribution is 0.251. The van der Waals surface area contributed by atoms with Crippen molar-refractivity contribution in [2.24, 2.45) is 0 Å². The first-order valence-electron chi connectivity index (χ1n) is 9.30. The number of imidazole rings is 1. The average molecular weight is 430 g/mol. The normalized spacial score (nSPS) is 11.4. The highest BCUT2D eigenvalue weighted by atomic mass is 35.5. The van der Waals surface area contributed by atoms with Gasteiger partial charge in [-0.15, -0.1) is 0 Å². The maximum absolute atomic E-state index is 14.3. The van der Waals surface area contributed by atoms with Crippen LogP contribution in [0.15, 0.2) is 42.9 Å². The van der Waals surface area contributed by atoms with Gasteiger partial charge in [0.15, 0.2) is 17.3 Å². The quantitative estimate of drug-likeness (QED) is 0.470. The van der Waals surface area contributed by atoms with Crippen molar-refractivity contribution < 1.29 is 13.9 Å². The molecule has 1 N–H and O–H groups in total. The fourth-order valence-corrected chi connectivity index (χ4v) is 3.31. The van der Waals surface area contributed by atoms with Crippen LogP contribution in [-0.4, -0.2) is 53.6 Å². The number of nitrogens with zero attached hydrogens (tertiary/aromatic N) is 4. The van der Waals surface area contributed by atoms with Crippen LogP contribution in [0.4, 0.5) is 15.9 Å². The third kappa shape index (κ3) is 3.83. The van der Waals surface area contributed by atoms with Crippen LogP contribution in [0.25, 0.3) is 16.6 Å². The molecule has 156 valence electrons. The SMILES string of the molecule is COc1cc2c(cc1OCCN(C)C)nc(Nc1c(F)cccc1Cl)c1cncn12. The molecule has 4 rings (SSSR count). The Labute approximate surface area is 178 Å². The number of rotatable bonds is 7. The zero-order valence-electron chi connectivity index (χ0n) is 16.8. The molecule has 0 fully saturated rings. The number of hydrogen-bond donors (Lipinski definition) is 1. The summed E-state index contributed by atoms with van der Waals surface area (Å²) in [5, 5.41) is 3.27. The zero-order chi connectivity index (χ0) is 21.3. The van der Waals surface area contributed by atoms with E-state index in [4.69, 9.17) is 21.1 Å². The van der Waals surface area contributed by atoms with E-state index >= 15 is 0 Å². The van der Waals surface area contributed by atoms with Gasteiger partial charge < -0.3 is 19.7 Å². The van der Waals surface area contributed by atoms with Crippen LogP contribution in [-0.2, 0) is 0 Å². The largest absolute Gasteiger partial charge is 0.493 e. The van der Waals surface area contributed by atoms with Gasteiger partial charge >= 0.3 is 0 Å². The molecule has 9 heteroatoms. The third-order valence-corrected chi connectivity index (χ3v) is 4.95. The molecule has 4 aromatic rings. The van der Waals surface area contributed by atoms with Gasteiger partial charge in [-0.25, -0.2) is 14.4 Å². The van der Waals surface area contributed by atoms with Crippen LogP contribution in [0.5, 0.6) is 11.5 Å². The van der Waals surface area contributed by atoms with Gasteiger partial charge in [0.25, 0.3) is 0 Å². The predicted octanol–water partition coefficient (Wildman–Crippen LogP) is 4.37. The van der Waals surface area contributed by atoms with Gasteiger partial charge in [-0.05, 0) is 26.2 Å². The Morgan fingerprint density at radius 1 is 1.20 bits per heavy atom. The minimum atomic E-state index is -0.468. The predicted molar refractivity (Wildman–Crippen MR) is 116 cm³/mol. The molecule has 0 saturated carbocycles. The monoisotopic (exact) mass is 429 g/mol. The van der Waals surface area contributed by atoms with E-state index < -0.39 is 5.82 Å². The summed E-state index contributed by atoms with van der Waals surface area (Å²) in [6, 6.07) is 8.15. The number of hydrogen-bond acceptors (Lipinski definition) is 6. The molecule has 2 heterocycles. The average Bonchev–Trinajstić information content (AvgIpc) is 3.20. The lowest BCUT2D eigenvalue weighted by Gasteiger charge is -2.16. The minimum absolute atomic E-state index is 0.157. The Morgan fingerprint density at radius 2 is 2.03 bits per heavy atom. The molecule has 30 heavy (non-hydrogen) atoms. The van der Waals surface area contributed by atoms with Crippen LogP contribution < -0.4 is 14.8 Å². The van der Waals surface area contributed by atoms with Crippen molar-refractivity contribution in [2.45, 2.75) is 0 Å². The molecule has 0 aliphatic carbocycles. The van der Waals surface area contributed by atoms with E-state index in [1.54, 1.807) is 37.8 Å². The molecule has 2 aromatic heterocycles. The van der Waals surface area contributed by atoms with Gasteiger partial charge in [-0.1, -0.05) is 17.7 Å². The van der Waals surface area contributed by atoms with Gasteiger partial charge in [0.05, 0.1) is 41.4 Å². The number of halogens is 2. The molecule has 0 atom stereocenters. The second kappa shape index (κ2) is 8.33. The Hall–Kier alpha value is -3.10. The molecule has 0 aliphatic rings. The first-order valence-corrected chi connectivity index (χ1v) is 9.68. The van der Waals surface area contributed by atoms with Crippen molar-refractivity contribution in [1.29, 1.82) is 0 Å². The number of fused-ring (bicyclic) bond motifs is 3. The molecule has 7 nitrogen and oxygen atoms in total. The second-order valence-corrected chi connectivity index (χ2v) is 7.38. The summed E-state index contributed by atoms with van der Waals surface area (Å²) in [4.78, 5) is 10.9. The second-order valence-electron chi connectivity index (χ2n) is 6.97. The summed E-state index contributed by atoms with van der Waals surface area (Å²) in [6.07, 6.45) is 3.32. The van der Waals surface area contributed by atoms with Crippen LogP contribution in [0.2, 0.25) is 5.02 Å². The van der Waals surface area contributed by atoms with E-state index in [-0.39, 0.29) is 10.7 Å². The maximum Gasteiger partial charge on any atom is 0.163 e. The number of benzene rings is 2. The summed E-state index contributed by atoms with van der Waals surface area (Å²) < 4.78 is 27.6. The first-order chi connectivity index (χ1) is 14.5. The molecule has 0 unspecified atom stereocenters. The third-order valence-electron chi connectivity index (χ3n) is 4.64. The van der Waals surface area contributed by atoms with E-state index in [0.29, 0.717) is 35.0 Å². The molecule has 2 aromatic carbocycles. The summed E-state index contributed by atoms with van der Waals surface area (Å²) in [6.45, 7) is 1.26. The molecule has 0 aliphatic heterocycles. The van der Waals surface area contributed by atoms with Crippen molar-refractivity contribution in [3.05, 3.63) is 53.7 Å². The highest BCUT2D eigenvalue weighted by Crippen LogP contribution is 2.35. The lowest BCUT2D eigenvalue weighted by Crippen LogP contribution is -2.19. The molecule has 0 radical (unpaired) electrons. The summed E-state index contributed by atoms with van der Waals surface area (Å²) in [5.74, 6) is 1.13. The summed E-state index contributed by atoms with van der Waals surface area (Å²) in [5.41, 5.74) is 2.25. The highest BCUT2D eigenvalue weighted by molar-refractivity contribution is 6.33. The van der Waals surface area contributed by atoms with Crippen LogP contribution >= 0.6 is 11.6 Å². The van der Waals surface area contributed by atoms with Gasteiger partial charge in [0.1, 0.15) is 17.9 Å². The molecular weight excluding hydrogens is 409 g/mol. The summed E-state index contributed by atoms with van der Waals surface area (Å²) >= 11 is 6.18. The molecule has 0 spiro atoms. The van der Waals surface area contributed by atoms with E-state index in [1.165, 1.54) is 6.07 Å². The van der Waals surface area contributed by atoms with Crippen molar-refractivity contribution in [1.82, 2.24) is 19.3 Å². The summed E-state index contributed by atoms with van der Waals surface area (Å²) in [7, 11) is 5.54. The molecule has 0 saturated heterocycles. The van der Waals surface area contributed by atoms with Crippen molar-refractivity contribution in [3.63, 3.8) is 0 Å². The van der Waals surface area contributed by atoms with Crippen molar-refractivity contribution >= 4 is 39.7 Å². The number of para-hydroxylation sites is 1. The van der Waals surface area contributed by atoms with Crippen molar-refractivity contribution in [3.8, 4) is 11.5 Å². The number of aromatic nitrogens is 3. The Morgan fingerprint density at radius 3 is 2.77 bits per heavy atom. The fraction of sp³-hybridized carbons (Fsp3) is 0.238. The molecule has 0 bridgehead atoms. The smallest absolute Gasteiger partial charge is 0.163 e. The number of methoxy groups -OCH3 is 1. The van der Waals surface area contributed by atoms with Crippen LogP contribution in [0.1, 0.15) is 0 Å². The van der Waals surface area contributed by atoms with Gasteiger partial charge in [-0.3, -0.25) is 4.40 Å². The standard InChI is InChI=1S/C21H21ClFN5O2/c1-27(2)7-8-30-19-9-15-16(10-18(19)29-3)28-12-24-11-17(28)21(25-15)26-20-13(22)5-4-6-14(20)23/h4-6,9-12H,7-8H2,1-3H3,(H,25,26). The highest BCUT2D eigenvalue weighted by Gasteiger charge is 2.16. The van der Waals surface area contributed by atoms with Gasteiger partial charge in [0.2, 0.25) is 0 Å². The van der Waals surface area contributed by atoms with E-state index in [0.717, 1.165) is 12.1 Å². The topological polar surface area (TPSA) is 63.9 Å². The van der Waals surface area contributed by atoms with Crippen LogP contribution in [0, 0.1) is 5.82 Å². The Balaban J connectivity index is 1.82. The molecule has 0 amide bonds. The van der Waals surface area contributed by atoms with Crippen LogP contribution in [0.3, 0.4) is 0 Å². The van der Waals surface area contributed by atoms with Crippen molar-refractivity contribution in [2.75, 3.05) is 39.7 Å². The van der Waals surface area contributed by atoms with E-state index in [2.05, 4.69) is 15.3 Å².